The number of hydrogen-bond donors (Lipinski definition) is 4. The van der Waals surface area contributed by atoms with Crippen LogP contribution in [0.1, 0.15) is 133 Å². The topological polar surface area (TPSA) is 243 Å². The van der Waals surface area contributed by atoms with Gasteiger partial charge in [0.2, 0.25) is 11.8 Å². The van der Waals surface area contributed by atoms with E-state index in [0.717, 1.165) is 42.2 Å². The van der Waals surface area contributed by atoms with Gasteiger partial charge in [-0.2, -0.15) is 0 Å². The van der Waals surface area contributed by atoms with Crippen molar-refractivity contribution in [3.8, 4) is 5.75 Å². The summed E-state index contributed by atoms with van der Waals surface area (Å²) in [4.78, 5) is 112. The van der Waals surface area contributed by atoms with Crippen molar-refractivity contribution in [3.05, 3.63) is 64.2 Å². The molecule has 0 bridgehead atoms. The van der Waals surface area contributed by atoms with Crippen LogP contribution < -0.4 is 9.84 Å². The molecule has 0 radical (unpaired) electrons. The van der Waals surface area contributed by atoms with E-state index >= 15 is 0 Å². The average Bonchev–Trinajstić information content (AvgIpc) is 3.80. The highest BCUT2D eigenvalue weighted by Gasteiger charge is 2.38. The normalized spacial score (nSPS) is 16.9. The second-order valence-corrected chi connectivity index (χ2v) is 23.1. The lowest BCUT2D eigenvalue weighted by Gasteiger charge is -2.37. The molecule has 4 N–H and O–H groups in total. The maximum absolute atomic E-state index is 14.4. The van der Waals surface area contributed by atoms with Gasteiger partial charge in [-0.1, -0.05) is 70.4 Å². The van der Waals surface area contributed by atoms with Gasteiger partial charge in [-0.25, -0.2) is 14.5 Å². The Balaban J connectivity index is 1.52. The Morgan fingerprint density at radius 3 is 2.41 bits per heavy atom. The van der Waals surface area contributed by atoms with Crippen molar-refractivity contribution >= 4 is 81.8 Å². The van der Waals surface area contributed by atoms with Gasteiger partial charge in [0.25, 0.3) is 0 Å². The molecule has 70 heavy (non-hydrogen) atoms. The van der Waals surface area contributed by atoms with Crippen LogP contribution in [0.25, 0.3) is 0 Å². The van der Waals surface area contributed by atoms with E-state index in [1.807, 2.05) is 52.9 Å². The summed E-state index contributed by atoms with van der Waals surface area (Å²) in [6.45, 7) is 11.6. The van der Waals surface area contributed by atoms with E-state index in [-0.39, 0.29) is 85.2 Å². The van der Waals surface area contributed by atoms with Gasteiger partial charge in [-0.05, 0) is 104 Å². The van der Waals surface area contributed by atoms with Crippen molar-refractivity contribution < 1.29 is 57.5 Å². The molecule has 0 aliphatic carbocycles. The van der Waals surface area contributed by atoms with Gasteiger partial charge >= 0.3 is 19.8 Å². The monoisotopic (exact) mass is 1050 g/mol. The molecule has 2 amide bonds. The zero-order valence-electron chi connectivity index (χ0n) is 41.4. The predicted molar refractivity (Wildman–Crippen MR) is 273 cm³/mol. The molecule has 4 rings (SSSR count). The molecule has 1 aliphatic heterocycles. The van der Waals surface area contributed by atoms with Crippen molar-refractivity contribution in [3.63, 3.8) is 0 Å². The number of carbonyl (C=O) groups excluding carboxylic acids is 5. The third-order valence-corrected chi connectivity index (χ3v) is 16.5. The molecule has 1 fully saturated rings. The maximum Gasteiger partial charge on any atom is 0.524 e. The molecule has 0 spiro atoms. The summed E-state index contributed by atoms with van der Waals surface area (Å²) in [6, 6.07) is 9.26. The number of carboxylic acids is 1. The summed E-state index contributed by atoms with van der Waals surface area (Å²) in [5.41, 5.74) is 0.634. The maximum atomic E-state index is 14.4. The number of ketones is 2. The minimum atomic E-state index is -5.04. The molecular formula is C49H70N5O12PS3. The summed E-state index contributed by atoms with van der Waals surface area (Å²) in [7, 11) is 1.66. The number of anilines is 1. The highest BCUT2D eigenvalue weighted by atomic mass is 33.1. The number of esters is 1. The number of phosphoric ester groups is 1. The first-order valence-electron chi connectivity index (χ1n) is 23.8. The summed E-state index contributed by atoms with van der Waals surface area (Å²) >= 11 is 1.13. The molecule has 1 aromatic carbocycles. The highest BCUT2D eigenvalue weighted by Crippen LogP contribution is 2.42. The number of amides is 2. The molecule has 17 nitrogen and oxygen atoms in total. The van der Waals surface area contributed by atoms with Crippen LogP contribution in [0.15, 0.2) is 53.0 Å². The Kier molecular flexibility index (Phi) is 23.5. The number of carbonyl (C=O) groups is 6. The minimum absolute atomic E-state index is 0.00145. The lowest BCUT2D eigenvalue weighted by molar-refractivity contribution is -0.149. The molecule has 0 saturated carbocycles. The fraction of sp³-hybridized carbons (Fsp3) is 0.592. The number of piperidine rings is 1. The third-order valence-electron chi connectivity index (χ3n) is 12.7. The Bertz CT molecular complexity index is 2280. The van der Waals surface area contributed by atoms with Crippen LogP contribution in [0.4, 0.5) is 5.69 Å². The van der Waals surface area contributed by atoms with Gasteiger partial charge in [0.1, 0.15) is 15.7 Å². The Morgan fingerprint density at radius 1 is 1.04 bits per heavy atom. The van der Waals surface area contributed by atoms with Crippen LogP contribution in [0.2, 0.25) is 0 Å². The number of nitrogens with one attached hydrogen (secondary N) is 1. The number of likely N-dealkylation sites (tertiary alicyclic amines) is 1. The Morgan fingerprint density at radius 2 is 1.79 bits per heavy atom. The molecule has 3 aromatic rings. The number of carboxylic acid groups (broad SMARTS) is 1. The molecular weight excluding hydrogens is 978 g/mol. The van der Waals surface area contributed by atoms with Crippen LogP contribution in [-0.4, -0.2) is 108 Å². The molecule has 7 atom stereocenters. The van der Waals surface area contributed by atoms with Gasteiger partial charge < -0.3 is 24.6 Å². The number of hydrogen-bond acceptors (Lipinski definition) is 15. The summed E-state index contributed by atoms with van der Waals surface area (Å²) in [6.07, 6.45) is 5.28. The number of thiazole rings is 1. The number of aromatic nitrogens is 2. The zero-order chi connectivity index (χ0) is 51.7. The van der Waals surface area contributed by atoms with Crippen molar-refractivity contribution in [1.29, 1.82) is 0 Å². The fourth-order valence-electron chi connectivity index (χ4n) is 8.69. The molecule has 1 aliphatic rings. The second kappa shape index (κ2) is 28.2. The summed E-state index contributed by atoms with van der Waals surface area (Å²) in [5, 5.41) is 15.3. The molecule has 21 heteroatoms. The fourth-order valence-corrected chi connectivity index (χ4v) is 11.9. The van der Waals surface area contributed by atoms with E-state index in [0.29, 0.717) is 29.2 Å². The third kappa shape index (κ3) is 18.8. The molecule has 386 valence electrons. The number of likely N-dealkylation sites (N-methyl/N-ethyl adjacent to an activating group) is 1. The molecule has 2 unspecified atom stereocenters. The van der Waals surface area contributed by atoms with Crippen molar-refractivity contribution in [2.24, 2.45) is 29.6 Å². The van der Waals surface area contributed by atoms with Crippen LogP contribution >= 0.6 is 40.7 Å². The minimum Gasteiger partial charge on any atom is -0.481 e. The number of phosphoric acid groups is 1. The SMILES string of the molecule is CC[C@H](C)[C@H](CC(=O)C1CCCCN1C)C(=O)N(C)[C@H](C[C@@H](OC(C)=O)c1nc(C(=O)C[C@@H](Cc2ccc(OP(=O)(O)O)c(NC(=O)CCCSSc3ccccn3)c2)CC(C)C(=O)O)cs1)C(C)C. The lowest BCUT2D eigenvalue weighted by atomic mass is 9.83. The Labute approximate surface area is 423 Å². The van der Waals surface area contributed by atoms with Gasteiger partial charge in [-0.3, -0.25) is 43.5 Å². The summed E-state index contributed by atoms with van der Waals surface area (Å²) in [5.74, 6) is -4.27. The Hall–Kier alpha value is -4.17. The van der Waals surface area contributed by atoms with E-state index in [9.17, 15) is 48.2 Å². The van der Waals surface area contributed by atoms with Gasteiger partial charge in [0, 0.05) is 68.9 Å². The molecule has 1 saturated heterocycles. The van der Waals surface area contributed by atoms with E-state index in [1.165, 1.54) is 53.6 Å². The smallest absolute Gasteiger partial charge is 0.481 e. The van der Waals surface area contributed by atoms with Crippen LogP contribution in [0.3, 0.4) is 0 Å². The first kappa shape index (κ1) is 58.4. The van der Waals surface area contributed by atoms with Crippen molar-refractivity contribution in [2.45, 2.75) is 135 Å². The quantitative estimate of drug-likeness (QED) is 0.0166. The van der Waals surface area contributed by atoms with Crippen LogP contribution in [0, 0.1) is 29.6 Å². The number of Topliss-reactive ketones (excluding diaryl/α,β-unsaturated/α-hetero) is 2. The molecule has 3 heterocycles. The van der Waals surface area contributed by atoms with Crippen LogP contribution in [-0.2, 0) is 39.7 Å². The van der Waals surface area contributed by atoms with Crippen molar-refractivity contribution in [2.75, 3.05) is 31.7 Å². The van der Waals surface area contributed by atoms with E-state index in [1.54, 1.807) is 23.5 Å². The van der Waals surface area contributed by atoms with Gasteiger partial charge in [0.05, 0.1) is 17.6 Å². The number of nitrogens with zero attached hydrogens (tertiary/aromatic N) is 4. The molecule has 2 aromatic heterocycles. The van der Waals surface area contributed by atoms with Crippen molar-refractivity contribution in [1.82, 2.24) is 19.8 Å². The second-order valence-electron chi connectivity index (χ2n) is 18.6. The van der Waals surface area contributed by atoms with Gasteiger partial charge in [-0.15, -0.1) is 11.3 Å². The zero-order valence-corrected chi connectivity index (χ0v) is 44.8. The first-order chi connectivity index (χ1) is 33.1. The predicted octanol–water partition coefficient (Wildman–Crippen LogP) is 9.29. The standard InChI is InChI=1S/C49H70N5O12PS3/c1-9-31(4)36(27-42(57)39-15-11-13-21-53(39)7)48(59)54(8)40(30(2)3)28-44(65-33(6)55)47-52-38(29-68-47)41(56)26-35(23-32(5)49(60)61)24-34-18-19-43(66-67(62,63)64)37(25-34)51-45(58)16-14-22-69-70-46-17-10-12-20-50-46/h10,12,17-20,25,29-32,35-36,39-40,44H,9,11,13-16,21-24,26-28H2,1-8H3,(H,51,58)(H,60,61)(H2,62,63,64)/t31-,32?,35+,36-,39?,40+,44+/m0/s1. The first-order valence-corrected chi connectivity index (χ1v) is 28.6. The number of aliphatic carboxylic acids is 1. The number of benzene rings is 1. The van der Waals surface area contributed by atoms with Gasteiger partial charge in [0.15, 0.2) is 23.4 Å². The largest absolute Gasteiger partial charge is 0.524 e. The average molecular weight is 1050 g/mol. The number of pyridine rings is 1. The van der Waals surface area contributed by atoms with E-state index in [2.05, 4.69) is 20.2 Å². The van der Waals surface area contributed by atoms with E-state index in [4.69, 9.17) is 9.26 Å². The van der Waals surface area contributed by atoms with E-state index < -0.39 is 61.4 Å². The number of rotatable bonds is 29. The number of ether oxygens (including phenoxy) is 1. The lowest BCUT2D eigenvalue weighted by Crippen LogP contribution is -2.48. The highest BCUT2D eigenvalue weighted by molar-refractivity contribution is 8.76. The van der Waals surface area contributed by atoms with Crippen LogP contribution in [0.5, 0.6) is 5.75 Å². The summed E-state index contributed by atoms with van der Waals surface area (Å²) < 4.78 is 22.6.